The van der Waals surface area contributed by atoms with Gasteiger partial charge < -0.3 is 56.2 Å². The van der Waals surface area contributed by atoms with E-state index >= 15 is 0 Å². The molecule has 1 fully saturated rings. The van der Waals surface area contributed by atoms with Gasteiger partial charge in [-0.1, -0.05) is 36.3 Å². The molecule has 0 aromatic heterocycles. The van der Waals surface area contributed by atoms with Crippen molar-refractivity contribution >= 4 is 12.0 Å². The number of fused-ring (bicyclic) bond motifs is 8. The van der Waals surface area contributed by atoms with Crippen LogP contribution in [0.1, 0.15) is 83.6 Å². The highest BCUT2D eigenvalue weighted by atomic mass is 16.5. The second-order valence-electron chi connectivity index (χ2n) is 17.1. The molecule has 3 aromatic carbocycles. The molecule has 4 bridgehead atoms. The zero-order valence-electron chi connectivity index (χ0n) is 35.0. The number of dihydropyridines is 1. The number of nitrogens with one attached hydrogen (secondary N) is 4. The Hall–Kier alpha value is -5.45. The minimum atomic E-state index is -0.656. The number of esters is 1. The highest BCUT2D eigenvalue weighted by molar-refractivity contribution is 5.85. The molecule has 314 valence electrons. The van der Waals surface area contributed by atoms with Crippen molar-refractivity contribution in [3.63, 3.8) is 0 Å². The van der Waals surface area contributed by atoms with E-state index in [1.54, 1.807) is 13.2 Å². The van der Waals surface area contributed by atoms with Gasteiger partial charge in [0, 0.05) is 71.3 Å². The lowest BCUT2D eigenvalue weighted by Gasteiger charge is -2.39. The molecule has 6 aliphatic rings. The number of aromatic hydroxyl groups is 2. The van der Waals surface area contributed by atoms with Crippen LogP contribution in [-0.4, -0.2) is 75.9 Å². The number of ether oxygens (including phenoxy) is 4. The number of phenols is 2. The molecule has 1 spiro atoms. The van der Waals surface area contributed by atoms with Crippen molar-refractivity contribution < 1.29 is 34.0 Å². The van der Waals surface area contributed by atoms with E-state index in [0.717, 1.165) is 81.6 Å². The topological polar surface area (TPSA) is 169 Å². The normalized spacial score (nSPS) is 26.6. The van der Waals surface area contributed by atoms with Gasteiger partial charge in [-0.2, -0.15) is 0 Å². The Morgan fingerprint density at radius 3 is 2.72 bits per heavy atom. The van der Waals surface area contributed by atoms with Crippen molar-refractivity contribution in [1.29, 1.82) is 0 Å². The Labute approximate surface area is 351 Å². The molecular formula is C48H55N5O7. The number of rotatable bonds is 8. The Morgan fingerprint density at radius 1 is 1.10 bits per heavy atom. The number of hydrogen-bond donors (Lipinski definition) is 7. The van der Waals surface area contributed by atoms with Gasteiger partial charge in [0.15, 0.2) is 11.5 Å². The second kappa shape index (κ2) is 15.9. The molecule has 0 radical (unpaired) electrons. The summed E-state index contributed by atoms with van der Waals surface area (Å²) in [6.07, 6.45) is 11.4. The summed E-state index contributed by atoms with van der Waals surface area (Å²) in [7, 11) is 7.27. The summed E-state index contributed by atoms with van der Waals surface area (Å²) in [5.41, 5.74) is 16.2. The average Bonchev–Trinajstić information content (AvgIpc) is 3.73. The summed E-state index contributed by atoms with van der Waals surface area (Å²) in [6.45, 7) is 2.37. The average molecular weight is 814 g/mol. The quantitative estimate of drug-likeness (QED) is 0.119. The van der Waals surface area contributed by atoms with Gasteiger partial charge in [-0.05, 0) is 99.5 Å². The SMILES string of the molecule is CNCc1c(O)c2c(c3c1CC#CC1=C(C=CC(N)N1)CC1CCC4(Cc5cc(O)cc(OC)c5-c5ccc6c(c54)OC3C6COC(C)=O)C1)C=CC(NC)C(CNC)O2. The van der Waals surface area contributed by atoms with Crippen molar-refractivity contribution in [3.05, 3.63) is 92.7 Å². The highest BCUT2D eigenvalue weighted by Crippen LogP contribution is 2.63. The van der Waals surface area contributed by atoms with Crippen LogP contribution in [0.2, 0.25) is 0 Å². The highest BCUT2D eigenvalue weighted by Gasteiger charge is 2.51. The molecule has 7 unspecified atom stereocenters. The molecule has 0 amide bonds. The Morgan fingerprint density at radius 2 is 1.95 bits per heavy atom. The van der Waals surface area contributed by atoms with Gasteiger partial charge in [0.2, 0.25) is 0 Å². The Bertz CT molecular complexity index is 2410. The van der Waals surface area contributed by atoms with Gasteiger partial charge in [0.25, 0.3) is 0 Å². The van der Waals surface area contributed by atoms with Crippen LogP contribution in [0.15, 0.2) is 53.8 Å². The van der Waals surface area contributed by atoms with E-state index in [-0.39, 0.29) is 54.2 Å². The lowest BCUT2D eigenvalue weighted by Crippen LogP contribution is -2.45. The van der Waals surface area contributed by atoms with Crippen LogP contribution in [-0.2, 0) is 34.3 Å². The summed E-state index contributed by atoms with van der Waals surface area (Å²) in [4.78, 5) is 12.7. The second-order valence-corrected chi connectivity index (χ2v) is 17.1. The first kappa shape index (κ1) is 40.0. The lowest BCUT2D eigenvalue weighted by molar-refractivity contribution is -0.141. The predicted molar refractivity (Wildman–Crippen MR) is 230 cm³/mol. The van der Waals surface area contributed by atoms with E-state index in [4.69, 9.17) is 24.7 Å². The number of carbonyl (C=O) groups is 1. The van der Waals surface area contributed by atoms with Gasteiger partial charge in [-0.25, -0.2) is 0 Å². The van der Waals surface area contributed by atoms with Crippen molar-refractivity contribution in [1.82, 2.24) is 21.3 Å². The van der Waals surface area contributed by atoms with Crippen molar-refractivity contribution in [2.24, 2.45) is 11.7 Å². The molecule has 4 aliphatic heterocycles. The fraction of sp³-hybridized carbons (Fsp3) is 0.438. The summed E-state index contributed by atoms with van der Waals surface area (Å²) in [6, 6.07) is 7.68. The van der Waals surface area contributed by atoms with Crippen LogP contribution in [0.5, 0.6) is 28.7 Å². The number of benzene rings is 3. The molecular weight excluding hydrogens is 759 g/mol. The Kier molecular flexibility index (Phi) is 10.6. The van der Waals surface area contributed by atoms with Crippen molar-refractivity contribution in [3.8, 4) is 51.7 Å². The number of carbonyl (C=O) groups excluding carboxylic acids is 1. The third kappa shape index (κ3) is 6.68. The molecule has 12 heteroatoms. The molecule has 3 aromatic rings. The zero-order valence-corrected chi connectivity index (χ0v) is 35.0. The molecule has 8 N–H and O–H groups in total. The van der Waals surface area contributed by atoms with E-state index in [9.17, 15) is 15.0 Å². The maximum Gasteiger partial charge on any atom is 0.302 e. The number of allylic oxidation sites excluding steroid dienone is 3. The molecule has 7 atom stereocenters. The van der Waals surface area contributed by atoms with Gasteiger partial charge in [0.1, 0.15) is 36.1 Å². The standard InChI is InChI=1S/C48H55N5O7/c1-25(54)58-24-35-31-10-11-32-41-28(18-29(55)19-38(41)57-5)21-48-16-15-26(20-48)17-27-9-14-40(49)53-36(27)8-6-7-30-34(22-50-2)44(56)47-33(42(30)45(35)60-46(31)43(32)48)12-13-37(52-4)39(59-47)23-51-3/h9-14,18-19,26,35,37,39-40,45,50-53,55-56H,7,15-17,20-24,49H2,1-5H3. The first-order valence-corrected chi connectivity index (χ1v) is 21.1. The maximum atomic E-state index is 12.7. The van der Waals surface area contributed by atoms with E-state index in [1.807, 2.05) is 39.4 Å². The van der Waals surface area contributed by atoms with Gasteiger partial charge >= 0.3 is 5.97 Å². The van der Waals surface area contributed by atoms with Crippen molar-refractivity contribution in [2.45, 2.75) is 87.7 Å². The van der Waals surface area contributed by atoms with E-state index in [1.165, 1.54) is 6.92 Å². The van der Waals surface area contributed by atoms with Crippen molar-refractivity contribution in [2.75, 3.05) is 41.4 Å². The smallest absolute Gasteiger partial charge is 0.302 e. The summed E-state index contributed by atoms with van der Waals surface area (Å²) < 4.78 is 26.3. The van der Waals surface area contributed by atoms with Gasteiger partial charge in [-0.15, -0.1) is 0 Å². The van der Waals surface area contributed by atoms with Gasteiger partial charge in [-0.3, -0.25) is 4.79 Å². The fourth-order valence-corrected chi connectivity index (χ4v) is 10.9. The van der Waals surface area contributed by atoms with Crippen LogP contribution in [0.4, 0.5) is 0 Å². The molecule has 2 aliphatic carbocycles. The zero-order chi connectivity index (χ0) is 41.9. The molecule has 12 nitrogen and oxygen atoms in total. The molecule has 0 saturated heterocycles. The van der Waals surface area contributed by atoms with Crippen LogP contribution in [0.25, 0.3) is 17.2 Å². The summed E-state index contributed by atoms with van der Waals surface area (Å²) >= 11 is 0. The van der Waals surface area contributed by atoms with Crippen LogP contribution < -0.4 is 41.2 Å². The third-order valence-electron chi connectivity index (χ3n) is 13.5. The lowest BCUT2D eigenvalue weighted by atomic mass is 9.65. The molecule has 9 rings (SSSR count). The number of nitrogens with two attached hydrogens (primary N) is 1. The molecule has 4 heterocycles. The number of phenolic OH excluding ortho intramolecular Hbond substituents is 2. The molecule has 60 heavy (non-hydrogen) atoms. The van der Waals surface area contributed by atoms with Crippen LogP contribution >= 0.6 is 0 Å². The Balaban J connectivity index is 1.36. The van der Waals surface area contributed by atoms with Gasteiger partial charge in [0.05, 0.1) is 30.9 Å². The number of methoxy groups -OCH3 is 1. The van der Waals surface area contributed by atoms with Crippen LogP contribution in [0.3, 0.4) is 0 Å². The monoisotopic (exact) mass is 813 g/mol. The fourth-order valence-electron chi connectivity index (χ4n) is 10.9. The first-order valence-electron chi connectivity index (χ1n) is 21.1. The predicted octanol–water partition coefficient (Wildman–Crippen LogP) is 5.10. The van der Waals surface area contributed by atoms with E-state index < -0.39 is 12.0 Å². The van der Waals surface area contributed by atoms with E-state index in [2.05, 4.69) is 57.4 Å². The number of hydrogen-bond acceptors (Lipinski definition) is 12. The molecule has 1 saturated carbocycles. The third-order valence-corrected chi connectivity index (χ3v) is 13.5. The van der Waals surface area contributed by atoms with E-state index in [0.29, 0.717) is 48.1 Å². The minimum absolute atomic E-state index is 0.0496. The largest absolute Gasteiger partial charge is 0.508 e. The van der Waals surface area contributed by atoms with Crippen LogP contribution in [0, 0.1) is 17.8 Å². The summed E-state index contributed by atoms with van der Waals surface area (Å²) in [5.74, 6) is 8.53. The first-order chi connectivity index (χ1) is 29.1. The summed E-state index contributed by atoms with van der Waals surface area (Å²) in [5, 5.41) is 36.7. The number of likely N-dealkylation sites (N-methyl/N-ethyl adjacent to an activating group) is 2. The minimum Gasteiger partial charge on any atom is -0.508 e. The maximum absolute atomic E-state index is 12.7.